The van der Waals surface area contributed by atoms with Crippen molar-refractivity contribution in [1.29, 1.82) is 0 Å². The van der Waals surface area contributed by atoms with E-state index in [2.05, 4.69) is 4.98 Å². The van der Waals surface area contributed by atoms with Crippen LogP contribution >= 0.6 is 11.6 Å². The van der Waals surface area contributed by atoms with Crippen molar-refractivity contribution in [3.05, 3.63) is 40.5 Å². The molecule has 1 heterocycles. The summed E-state index contributed by atoms with van der Waals surface area (Å²) in [6.45, 7) is 1.99. The molecule has 0 saturated carbocycles. The summed E-state index contributed by atoms with van der Waals surface area (Å²) < 4.78 is 0. The topological polar surface area (TPSA) is 50.2 Å². The lowest BCUT2D eigenvalue weighted by Gasteiger charge is -2.05. The summed E-state index contributed by atoms with van der Waals surface area (Å²) in [7, 11) is 0. The van der Waals surface area contributed by atoms with Gasteiger partial charge in [-0.25, -0.2) is 4.98 Å². The molecular weight excluding hydrogens is 238 g/mol. The predicted molar refractivity (Wildman–Crippen MR) is 67.4 cm³/mol. The highest BCUT2D eigenvalue weighted by Gasteiger charge is 2.07. The van der Waals surface area contributed by atoms with Crippen LogP contribution in [0.4, 0.5) is 0 Å². The Labute approximate surface area is 104 Å². The summed E-state index contributed by atoms with van der Waals surface area (Å²) in [5.41, 5.74) is 2.75. The highest BCUT2D eigenvalue weighted by atomic mass is 35.5. The Kier molecular flexibility index (Phi) is 3.29. The number of aliphatic carboxylic acids is 1. The van der Waals surface area contributed by atoms with E-state index < -0.39 is 5.97 Å². The number of aromatic nitrogens is 1. The Bertz CT molecular complexity index is 581. The molecule has 0 aliphatic carbocycles. The van der Waals surface area contributed by atoms with Gasteiger partial charge in [0, 0.05) is 11.8 Å². The van der Waals surface area contributed by atoms with Gasteiger partial charge in [-0.2, -0.15) is 0 Å². The minimum absolute atomic E-state index is 0.0682. The van der Waals surface area contributed by atoms with E-state index in [-0.39, 0.29) is 6.42 Å². The number of carboxylic acid groups (broad SMARTS) is 1. The van der Waals surface area contributed by atoms with Gasteiger partial charge in [0.15, 0.2) is 0 Å². The van der Waals surface area contributed by atoms with E-state index in [1.807, 2.05) is 31.2 Å². The zero-order valence-corrected chi connectivity index (χ0v) is 10.2. The molecule has 88 valence electrons. The number of nitrogens with zero attached hydrogens (tertiary/aromatic N) is 1. The lowest BCUT2D eigenvalue weighted by molar-refractivity contribution is -0.136. The quantitative estimate of drug-likeness (QED) is 0.850. The molecule has 0 spiro atoms. The van der Waals surface area contributed by atoms with Crippen LogP contribution in [-0.2, 0) is 11.2 Å². The van der Waals surface area contributed by atoms with Gasteiger partial charge in [-0.1, -0.05) is 23.7 Å². The summed E-state index contributed by atoms with van der Waals surface area (Å²) in [4.78, 5) is 14.8. The smallest absolute Gasteiger partial charge is 0.303 e. The first kappa shape index (κ1) is 11.9. The number of hydrogen-bond acceptors (Lipinski definition) is 2. The Morgan fingerprint density at radius 2 is 2.18 bits per heavy atom. The summed E-state index contributed by atoms with van der Waals surface area (Å²) >= 11 is 6.03. The van der Waals surface area contributed by atoms with Crippen molar-refractivity contribution in [3.8, 4) is 0 Å². The average Bonchev–Trinajstić information content (AvgIpc) is 2.26. The standard InChI is InChI=1S/C13H12ClNO2/c1-8-2-3-9-7-10(4-5-12(16)17)13(14)15-11(9)6-8/h2-3,6-7H,4-5H2,1H3,(H,16,17). The fraction of sp³-hybridized carbons (Fsp3) is 0.231. The SMILES string of the molecule is Cc1ccc2cc(CCC(=O)O)c(Cl)nc2c1. The van der Waals surface area contributed by atoms with Gasteiger partial charge in [-0.05, 0) is 36.6 Å². The van der Waals surface area contributed by atoms with E-state index in [0.29, 0.717) is 11.6 Å². The maximum Gasteiger partial charge on any atom is 0.303 e. The van der Waals surface area contributed by atoms with Gasteiger partial charge in [-0.3, -0.25) is 4.79 Å². The van der Waals surface area contributed by atoms with Gasteiger partial charge in [0.25, 0.3) is 0 Å². The first-order chi connectivity index (χ1) is 8.06. The van der Waals surface area contributed by atoms with Gasteiger partial charge < -0.3 is 5.11 Å². The number of hydrogen-bond donors (Lipinski definition) is 1. The van der Waals surface area contributed by atoms with Crippen LogP contribution in [-0.4, -0.2) is 16.1 Å². The molecule has 0 fully saturated rings. The number of aryl methyl sites for hydroxylation is 2. The van der Waals surface area contributed by atoms with Gasteiger partial charge in [-0.15, -0.1) is 0 Å². The number of pyridine rings is 1. The Morgan fingerprint density at radius 1 is 1.41 bits per heavy atom. The maximum atomic E-state index is 10.5. The van der Waals surface area contributed by atoms with Crippen molar-refractivity contribution in [2.45, 2.75) is 19.8 Å². The number of carboxylic acids is 1. The van der Waals surface area contributed by atoms with Crippen molar-refractivity contribution in [3.63, 3.8) is 0 Å². The largest absolute Gasteiger partial charge is 0.481 e. The van der Waals surface area contributed by atoms with Crippen LogP contribution in [0.3, 0.4) is 0 Å². The van der Waals surface area contributed by atoms with Crippen molar-refractivity contribution < 1.29 is 9.90 Å². The van der Waals surface area contributed by atoms with Gasteiger partial charge in [0.1, 0.15) is 5.15 Å². The number of carbonyl (C=O) groups is 1. The zero-order chi connectivity index (χ0) is 12.4. The lowest BCUT2D eigenvalue weighted by Crippen LogP contribution is -1.99. The fourth-order valence-electron chi connectivity index (χ4n) is 1.71. The van der Waals surface area contributed by atoms with Crippen molar-refractivity contribution in [1.82, 2.24) is 4.98 Å². The Hall–Kier alpha value is -1.61. The molecule has 0 atom stereocenters. The molecule has 0 aliphatic rings. The molecule has 1 aromatic heterocycles. The van der Waals surface area contributed by atoms with Crippen LogP contribution in [0.2, 0.25) is 5.15 Å². The van der Waals surface area contributed by atoms with Crippen LogP contribution in [0.15, 0.2) is 24.3 Å². The monoisotopic (exact) mass is 249 g/mol. The molecule has 17 heavy (non-hydrogen) atoms. The second kappa shape index (κ2) is 4.72. The highest BCUT2D eigenvalue weighted by molar-refractivity contribution is 6.30. The van der Waals surface area contributed by atoms with Crippen molar-refractivity contribution in [2.24, 2.45) is 0 Å². The summed E-state index contributed by atoms with van der Waals surface area (Å²) in [5, 5.41) is 10.0. The molecule has 0 amide bonds. The highest BCUT2D eigenvalue weighted by Crippen LogP contribution is 2.22. The molecule has 0 unspecified atom stereocenters. The van der Waals surface area contributed by atoms with Crippen LogP contribution in [0.25, 0.3) is 10.9 Å². The molecule has 4 heteroatoms. The van der Waals surface area contributed by atoms with E-state index >= 15 is 0 Å². The fourth-order valence-corrected chi connectivity index (χ4v) is 1.95. The molecule has 3 nitrogen and oxygen atoms in total. The second-order valence-corrected chi connectivity index (χ2v) is 4.39. The third-order valence-electron chi connectivity index (χ3n) is 2.61. The van der Waals surface area contributed by atoms with Crippen LogP contribution in [0, 0.1) is 6.92 Å². The molecule has 2 rings (SSSR count). The first-order valence-electron chi connectivity index (χ1n) is 5.34. The van der Waals surface area contributed by atoms with E-state index in [1.54, 1.807) is 0 Å². The van der Waals surface area contributed by atoms with Crippen LogP contribution in [0.5, 0.6) is 0 Å². The molecular formula is C13H12ClNO2. The van der Waals surface area contributed by atoms with Crippen LogP contribution < -0.4 is 0 Å². The van der Waals surface area contributed by atoms with E-state index in [0.717, 1.165) is 22.0 Å². The Morgan fingerprint density at radius 3 is 2.88 bits per heavy atom. The average molecular weight is 250 g/mol. The van der Waals surface area contributed by atoms with Gasteiger partial charge in [0.05, 0.1) is 5.52 Å². The molecule has 0 bridgehead atoms. The van der Waals surface area contributed by atoms with E-state index in [9.17, 15) is 4.79 Å². The number of halogens is 1. The molecule has 1 aromatic carbocycles. The second-order valence-electron chi connectivity index (χ2n) is 4.03. The zero-order valence-electron chi connectivity index (χ0n) is 9.40. The third kappa shape index (κ3) is 2.74. The molecule has 0 aliphatic heterocycles. The summed E-state index contributed by atoms with van der Waals surface area (Å²) in [5.74, 6) is -0.829. The van der Waals surface area contributed by atoms with Crippen molar-refractivity contribution >= 4 is 28.5 Å². The molecule has 0 saturated heterocycles. The van der Waals surface area contributed by atoms with E-state index in [1.165, 1.54) is 0 Å². The summed E-state index contributed by atoms with van der Waals surface area (Å²) in [6, 6.07) is 7.84. The third-order valence-corrected chi connectivity index (χ3v) is 2.93. The Balaban J connectivity index is 2.41. The maximum absolute atomic E-state index is 10.5. The van der Waals surface area contributed by atoms with Gasteiger partial charge >= 0.3 is 5.97 Å². The minimum Gasteiger partial charge on any atom is -0.481 e. The lowest BCUT2D eigenvalue weighted by atomic mass is 10.1. The normalized spacial score (nSPS) is 10.7. The number of rotatable bonds is 3. The molecule has 1 N–H and O–H groups in total. The van der Waals surface area contributed by atoms with E-state index in [4.69, 9.17) is 16.7 Å². The van der Waals surface area contributed by atoms with Crippen LogP contribution in [0.1, 0.15) is 17.5 Å². The molecule has 2 aromatic rings. The number of benzene rings is 1. The molecule has 0 radical (unpaired) electrons. The first-order valence-corrected chi connectivity index (χ1v) is 5.71. The summed E-state index contributed by atoms with van der Waals surface area (Å²) in [6.07, 6.45) is 0.476. The predicted octanol–water partition coefficient (Wildman–Crippen LogP) is 3.21. The minimum atomic E-state index is -0.829. The van der Waals surface area contributed by atoms with Crippen molar-refractivity contribution in [2.75, 3.05) is 0 Å². The van der Waals surface area contributed by atoms with Gasteiger partial charge in [0.2, 0.25) is 0 Å². The number of fused-ring (bicyclic) bond motifs is 1.